The third-order valence-electron chi connectivity index (χ3n) is 5.66. The summed E-state index contributed by atoms with van der Waals surface area (Å²) in [6.07, 6.45) is -4.45. The van der Waals surface area contributed by atoms with Crippen LogP contribution in [0.25, 0.3) is 0 Å². The van der Waals surface area contributed by atoms with Gasteiger partial charge in [0, 0.05) is 37.3 Å². The number of rotatable bonds is 3. The van der Waals surface area contributed by atoms with Gasteiger partial charge < -0.3 is 19.6 Å². The number of carbonyl (C=O) groups is 2. The first-order valence-electron chi connectivity index (χ1n) is 9.84. The molecule has 0 saturated carbocycles. The Labute approximate surface area is 176 Å². The van der Waals surface area contributed by atoms with E-state index in [-0.39, 0.29) is 30.6 Å². The molecular formula is C22H21F3N2O4. The van der Waals surface area contributed by atoms with Crippen LogP contribution >= 0.6 is 0 Å². The number of halogens is 3. The number of nitrogens with zero attached hydrogens (tertiary/aromatic N) is 2. The highest BCUT2D eigenvalue weighted by Gasteiger charge is 2.38. The Hall–Kier alpha value is -2.91. The van der Waals surface area contributed by atoms with Gasteiger partial charge in [-0.15, -0.1) is 0 Å². The van der Waals surface area contributed by atoms with E-state index in [1.165, 1.54) is 17.0 Å². The Balaban J connectivity index is 1.34. The van der Waals surface area contributed by atoms with Crippen LogP contribution in [0.15, 0.2) is 48.5 Å². The van der Waals surface area contributed by atoms with Gasteiger partial charge in [0.05, 0.1) is 18.8 Å². The second-order valence-corrected chi connectivity index (χ2v) is 7.76. The number of hydrogen-bond donors (Lipinski definition) is 1. The molecule has 0 aliphatic carbocycles. The van der Waals surface area contributed by atoms with E-state index in [1.807, 2.05) is 0 Å². The lowest BCUT2D eigenvalue weighted by Crippen LogP contribution is -2.50. The summed E-state index contributed by atoms with van der Waals surface area (Å²) in [5.41, 5.74) is -0.438. The Morgan fingerprint density at radius 2 is 1.23 bits per heavy atom. The normalized spacial score (nSPS) is 18.5. The average Bonchev–Trinajstić information content (AvgIpc) is 2.76. The topological polar surface area (TPSA) is 70.1 Å². The maximum Gasteiger partial charge on any atom is 0.416 e. The highest BCUT2D eigenvalue weighted by Crippen LogP contribution is 2.30. The molecular weight excluding hydrogens is 413 g/mol. The van der Waals surface area contributed by atoms with Crippen molar-refractivity contribution in [2.75, 3.05) is 39.4 Å². The van der Waals surface area contributed by atoms with Crippen LogP contribution in [-0.2, 0) is 16.5 Å². The van der Waals surface area contributed by atoms with Crippen LogP contribution in [0.1, 0.15) is 31.8 Å². The van der Waals surface area contributed by atoms with Crippen molar-refractivity contribution >= 4 is 11.8 Å². The molecule has 2 aromatic rings. The van der Waals surface area contributed by atoms with Crippen LogP contribution in [0.5, 0.6) is 0 Å². The summed E-state index contributed by atoms with van der Waals surface area (Å²) in [4.78, 5) is 28.5. The molecule has 164 valence electrons. The molecule has 0 atom stereocenters. The van der Waals surface area contributed by atoms with Gasteiger partial charge in [0.25, 0.3) is 11.8 Å². The fourth-order valence-corrected chi connectivity index (χ4v) is 3.66. The molecule has 2 aliphatic rings. The SMILES string of the molecule is O=C(c1ccc(C(F)(F)F)cc1)N1CCN(C(=O)c2ccc(C3(O)COC3)cc2)CC1. The van der Waals surface area contributed by atoms with Crippen molar-refractivity contribution in [3.63, 3.8) is 0 Å². The lowest BCUT2D eigenvalue weighted by atomic mass is 9.91. The van der Waals surface area contributed by atoms with E-state index in [1.54, 1.807) is 29.2 Å². The van der Waals surface area contributed by atoms with Gasteiger partial charge in [0.2, 0.25) is 0 Å². The number of piperazine rings is 1. The van der Waals surface area contributed by atoms with Gasteiger partial charge in [-0.25, -0.2) is 0 Å². The molecule has 0 spiro atoms. The summed E-state index contributed by atoms with van der Waals surface area (Å²) < 4.78 is 43.1. The first kappa shape index (κ1) is 21.3. The monoisotopic (exact) mass is 434 g/mol. The summed E-state index contributed by atoms with van der Waals surface area (Å²) in [5, 5.41) is 10.3. The Bertz CT molecular complexity index is 962. The summed E-state index contributed by atoms with van der Waals surface area (Å²) in [7, 11) is 0. The van der Waals surface area contributed by atoms with E-state index >= 15 is 0 Å². The van der Waals surface area contributed by atoms with E-state index in [9.17, 15) is 27.9 Å². The molecule has 6 nitrogen and oxygen atoms in total. The highest BCUT2D eigenvalue weighted by atomic mass is 19.4. The molecule has 9 heteroatoms. The van der Waals surface area contributed by atoms with E-state index in [2.05, 4.69) is 0 Å². The minimum Gasteiger partial charge on any atom is -0.380 e. The zero-order chi connectivity index (χ0) is 22.2. The fourth-order valence-electron chi connectivity index (χ4n) is 3.66. The van der Waals surface area contributed by atoms with Gasteiger partial charge >= 0.3 is 6.18 Å². The molecule has 2 aliphatic heterocycles. The molecule has 2 saturated heterocycles. The largest absolute Gasteiger partial charge is 0.416 e. The zero-order valence-electron chi connectivity index (χ0n) is 16.6. The first-order valence-corrected chi connectivity index (χ1v) is 9.84. The highest BCUT2D eigenvalue weighted by molar-refractivity contribution is 5.96. The van der Waals surface area contributed by atoms with Crippen LogP contribution in [0, 0.1) is 0 Å². The second kappa shape index (κ2) is 7.97. The lowest BCUT2D eigenvalue weighted by Gasteiger charge is -2.37. The minimum absolute atomic E-state index is 0.176. The molecule has 4 rings (SSSR count). The molecule has 2 amide bonds. The Morgan fingerprint density at radius 3 is 1.58 bits per heavy atom. The van der Waals surface area contributed by atoms with Crippen molar-refractivity contribution in [1.82, 2.24) is 9.80 Å². The quantitative estimate of drug-likeness (QED) is 0.806. The third kappa shape index (κ3) is 4.28. The van der Waals surface area contributed by atoms with E-state index in [4.69, 9.17) is 4.74 Å². The van der Waals surface area contributed by atoms with Gasteiger partial charge in [0.15, 0.2) is 0 Å². The summed E-state index contributed by atoms with van der Waals surface area (Å²) in [6, 6.07) is 10.9. The molecule has 2 fully saturated rings. The fraction of sp³-hybridized carbons (Fsp3) is 0.364. The van der Waals surface area contributed by atoms with Crippen LogP contribution in [0.2, 0.25) is 0 Å². The van der Waals surface area contributed by atoms with Gasteiger partial charge in [-0.2, -0.15) is 13.2 Å². The Kier molecular flexibility index (Phi) is 5.49. The molecule has 2 aromatic carbocycles. The van der Waals surface area contributed by atoms with E-state index in [0.717, 1.165) is 12.1 Å². The second-order valence-electron chi connectivity index (χ2n) is 7.76. The number of alkyl halides is 3. The van der Waals surface area contributed by atoms with Gasteiger partial charge in [-0.1, -0.05) is 12.1 Å². The standard InChI is InChI=1S/C22H21F3N2O4/c23-22(24,25)18-7-3-16(4-8-18)20(29)27-11-9-26(10-12-27)19(28)15-1-5-17(6-2-15)21(30)13-31-14-21/h1-8,30H,9-14H2. The molecule has 0 bridgehead atoms. The third-order valence-corrected chi connectivity index (χ3v) is 5.66. The predicted molar refractivity (Wildman–Crippen MR) is 104 cm³/mol. The van der Waals surface area contributed by atoms with Gasteiger partial charge in [-0.3, -0.25) is 9.59 Å². The van der Waals surface area contributed by atoms with Crippen molar-refractivity contribution in [1.29, 1.82) is 0 Å². The summed E-state index contributed by atoms with van der Waals surface area (Å²) in [6.45, 7) is 1.70. The summed E-state index contributed by atoms with van der Waals surface area (Å²) in [5.74, 6) is -0.536. The van der Waals surface area contributed by atoms with Crippen LogP contribution < -0.4 is 0 Å². The molecule has 1 N–H and O–H groups in total. The van der Waals surface area contributed by atoms with Gasteiger partial charge in [-0.05, 0) is 42.0 Å². The molecule has 0 unspecified atom stereocenters. The van der Waals surface area contributed by atoms with Crippen molar-refractivity contribution in [2.45, 2.75) is 11.8 Å². The maximum atomic E-state index is 12.8. The number of aliphatic hydroxyl groups is 1. The van der Waals surface area contributed by atoms with Gasteiger partial charge in [0.1, 0.15) is 5.60 Å². The van der Waals surface area contributed by atoms with E-state index < -0.39 is 17.3 Å². The van der Waals surface area contributed by atoms with Crippen LogP contribution in [0.4, 0.5) is 13.2 Å². The van der Waals surface area contributed by atoms with Crippen molar-refractivity contribution in [3.05, 3.63) is 70.8 Å². The average molecular weight is 434 g/mol. The summed E-state index contributed by atoms with van der Waals surface area (Å²) >= 11 is 0. The van der Waals surface area contributed by atoms with Crippen molar-refractivity contribution < 1.29 is 32.6 Å². The predicted octanol–water partition coefficient (Wildman–Crippen LogP) is 2.52. The maximum absolute atomic E-state index is 12.8. The van der Waals surface area contributed by atoms with Crippen molar-refractivity contribution in [2.24, 2.45) is 0 Å². The van der Waals surface area contributed by atoms with E-state index in [0.29, 0.717) is 37.3 Å². The number of ether oxygens (including phenoxy) is 1. The minimum atomic E-state index is -4.45. The van der Waals surface area contributed by atoms with Crippen LogP contribution in [0.3, 0.4) is 0 Å². The number of amides is 2. The molecule has 0 radical (unpaired) electrons. The first-order chi connectivity index (χ1) is 14.7. The Morgan fingerprint density at radius 1 is 0.806 bits per heavy atom. The number of hydrogen-bond acceptors (Lipinski definition) is 4. The van der Waals surface area contributed by atoms with Crippen LogP contribution in [-0.4, -0.2) is 66.1 Å². The van der Waals surface area contributed by atoms with Crippen molar-refractivity contribution in [3.8, 4) is 0 Å². The molecule has 31 heavy (non-hydrogen) atoms. The number of carbonyl (C=O) groups excluding carboxylic acids is 2. The number of benzene rings is 2. The molecule has 2 heterocycles. The lowest BCUT2D eigenvalue weighted by molar-refractivity contribution is -0.184. The smallest absolute Gasteiger partial charge is 0.380 e. The zero-order valence-corrected chi connectivity index (χ0v) is 16.6. The molecule has 0 aromatic heterocycles.